The van der Waals surface area contributed by atoms with E-state index in [4.69, 9.17) is 4.74 Å². The van der Waals surface area contributed by atoms with Gasteiger partial charge in [0.05, 0.1) is 13.0 Å². The Labute approximate surface area is 83.2 Å². The van der Waals surface area contributed by atoms with Crippen molar-refractivity contribution in [1.82, 2.24) is 10.6 Å². The normalized spacial score (nSPS) is 21.6. The van der Waals surface area contributed by atoms with Crippen molar-refractivity contribution >= 4 is 12.0 Å². The van der Waals surface area contributed by atoms with Crippen LogP contribution in [0.1, 0.15) is 27.2 Å². The maximum absolute atomic E-state index is 11.2. The maximum atomic E-state index is 11.2. The standard InChI is InChI=1S/C9H16N2O3/c1-9(2,3)11-8(13)14-6-4-7(12)10-5-6/h6H,4-5H2,1-3H3,(H,10,12)(H,11,13). The predicted molar refractivity (Wildman–Crippen MR) is 50.8 cm³/mol. The second-order valence-electron chi connectivity index (χ2n) is 4.41. The molecule has 1 unspecified atom stereocenters. The molecule has 2 amide bonds. The van der Waals surface area contributed by atoms with E-state index in [0.29, 0.717) is 6.54 Å². The highest BCUT2D eigenvalue weighted by molar-refractivity contribution is 5.79. The summed E-state index contributed by atoms with van der Waals surface area (Å²) in [4.78, 5) is 22.0. The monoisotopic (exact) mass is 200 g/mol. The van der Waals surface area contributed by atoms with Gasteiger partial charge in [-0.25, -0.2) is 4.79 Å². The lowest BCUT2D eigenvalue weighted by Gasteiger charge is -2.21. The molecule has 5 nitrogen and oxygen atoms in total. The number of hydrogen-bond donors (Lipinski definition) is 2. The third-order valence-electron chi connectivity index (χ3n) is 1.69. The Kier molecular flexibility index (Phi) is 2.98. The van der Waals surface area contributed by atoms with Gasteiger partial charge in [-0.3, -0.25) is 4.79 Å². The highest BCUT2D eigenvalue weighted by atomic mass is 16.6. The van der Waals surface area contributed by atoms with Crippen LogP contribution in [0.3, 0.4) is 0 Å². The molecule has 1 rings (SSSR count). The first kappa shape index (κ1) is 10.8. The van der Waals surface area contributed by atoms with Crippen LogP contribution in [0.5, 0.6) is 0 Å². The summed E-state index contributed by atoms with van der Waals surface area (Å²) in [5, 5.41) is 5.25. The number of carbonyl (C=O) groups is 2. The fourth-order valence-electron chi connectivity index (χ4n) is 1.15. The van der Waals surface area contributed by atoms with Gasteiger partial charge in [0.15, 0.2) is 0 Å². The van der Waals surface area contributed by atoms with E-state index in [1.807, 2.05) is 20.8 Å². The molecule has 80 valence electrons. The second-order valence-corrected chi connectivity index (χ2v) is 4.41. The van der Waals surface area contributed by atoms with Crippen molar-refractivity contribution < 1.29 is 14.3 Å². The van der Waals surface area contributed by atoms with Crippen molar-refractivity contribution in [2.24, 2.45) is 0 Å². The van der Waals surface area contributed by atoms with Crippen LogP contribution in [0, 0.1) is 0 Å². The van der Waals surface area contributed by atoms with Crippen LogP contribution in [-0.2, 0) is 9.53 Å². The van der Waals surface area contributed by atoms with Crippen molar-refractivity contribution in [2.45, 2.75) is 38.8 Å². The van der Waals surface area contributed by atoms with Crippen LogP contribution in [-0.4, -0.2) is 30.2 Å². The molecule has 0 spiro atoms. The molecular formula is C9H16N2O3. The first-order valence-electron chi connectivity index (χ1n) is 4.62. The highest BCUT2D eigenvalue weighted by Crippen LogP contribution is 2.06. The largest absolute Gasteiger partial charge is 0.444 e. The Morgan fingerprint density at radius 3 is 2.64 bits per heavy atom. The van der Waals surface area contributed by atoms with Crippen molar-refractivity contribution in [2.75, 3.05) is 6.54 Å². The van der Waals surface area contributed by atoms with Crippen molar-refractivity contribution in [3.8, 4) is 0 Å². The topological polar surface area (TPSA) is 67.4 Å². The predicted octanol–water partition coefficient (Wildman–Crippen LogP) is 0.400. The minimum atomic E-state index is -0.473. The van der Waals surface area contributed by atoms with Gasteiger partial charge in [-0.2, -0.15) is 0 Å². The van der Waals surface area contributed by atoms with Crippen LogP contribution in [0.4, 0.5) is 4.79 Å². The Hall–Kier alpha value is -1.26. The lowest BCUT2D eigenvalue weighted by Crippen LogP contribution is -2.42. The van der Waals surface area contributed by atoms with Gasteiger partial charge in [0.2, 0.25) is 5.91 Å². The molecule has 1 saturated heterocycles. The van der Waals surface area contributed by atoms with Gasteiger partial charge in [0.25, 0.3) is 0 Å². The number of alkyl carbamates (subject to hydrolysis) is 1. The molecule has 0 saturated carbocycles. The molecule has 1 fully saturated rings. The molecule has 0 aromatic heterocycles. The lowest BCUT2D eigenvalue weighted by molar-refractivity contribution is -0.119. The molecular weight excluding hydrogens is 184 g/mol. The Morgan fingerprint density at radius 1 is 1.57 bits per heavy atom. The highest BCUT2D eigenvalue weighted by Gasteiger charge is 2.26. The Balaban J connectivity index is 2.31. The molecule has 0 aromatic carbocycles. The van der Waals surface area contributed by atoms with Crippen molar-refractivity contribution in [3.05, 3.63) is 0 Å². The number of rotatable bonds is 1. The van der Waals surface area contributed by atoms with Crippen LogP contribution >= 0.6 is 0 Å². The SMILES string of the molecule is CC(C)(C)NC(=O)OC1CNC(=O)C1. The number of nitrogens with one attached hydrogen (secondary N) is 2. The van der Waals surface area contributed by atoms with E-state index >= 15 is 0 Å². The summed E-state index contributed by atoms with van der Waals surface area (Å²) in [6, 6.07) is 0. The molecule has 14 heavy (non-hydrogen) atoms. The van der Waals surface area contributed by atoms with E-state index in [2.05, 4.69) is 10.6 Å². The Morgan fingerprint density at radius 2 is 2.21 bits per heavy atom. The van der Waals surface area contributed by atoms with Gasteiger partial charge in [-0.15, -0.1) is 0 Å². The number of hydrogen-bond acceptors (Lipinski definition) is 3. The fourth-order valence-corrected chi connectivity index (χ4v) is 1.15. The van der Waals surface area contributed by atoms with Crippen LogP contribution in [0.2, 0.25) is 0 Å². The van der Waals surface area contributed by atoms with Crippen LogP contribution < -0.4 is 10.6 Å². The van der Waals surface area contributed by atoms with E-state index in [0.717, 1.165) is 0 Å². The van der Waals surface area contributed by atoms with E-state index in [-0.39, 0.29) is 24.0 Å². The average molecular weight is 200 g/mol. The molecule has 1 aliphatic rings. The summed E-state index contributed by atoms with van der Waals surface area (Å²) in [5.41, 5.74) is -0.312. The zero-order valence-electron chi connectivity index (χ0n) is 8.72. The smallest absolute Gasteiger partial charge is 0.407 e. The molecule has 1 heterocycles. The molecule has 1 atom stereocenters. The summed E-state index contributed by atoms with van der Waals surface area (Å²) in [6.45, 7) is 6.02. The second kappa shape index (κ2) is 3.86. The van der Waals surface area contributed by atoms with Gasteiger partial charge < -0.3 is 15.4 Å². The van der Waals surface area contributed by atoms with Gasteiger partial charge in [0, 0.05) is 5.54 Å². The zero-order valence-corrected chi connectivity index (χ0v) is 8.72. The summed E-state index contributed by atoms with van der Waals surface area (Å²) >= 11 is 0. The van der Waals surface area contributed by atoms with E-state index in [9.17, 15) is 9.59 Å². The first-order chi connectivity index (χ1) is 6.37. The minimum absolute atomic E-state index is 0.0708. The van der Waals surface area contributed by atoms with Gasteiger partial charge in [0.1, 0.15) is 6.10 Å². The van der Waals surface area contributed by atoms with Crippen LogP contribution in [0.15, 0.2) is 0 Å². The number of carbonyl (C=O) groups excluding carboxylic acids is 2. The maximum Gasteiger partial charge on any atom is 0.407 e. The summed E-state index contributed by atoms with van der Waals surface area (Å²) in [5.74, 6) is -0.0708. The van der Waals surface area contributed by atoms with Gasteiger partial charge in [-0.05, 0) is 20.8 Å². The fraction of sp³-hybridized carbons (Fsp3) is 0.778. The van der Waals surface area contributed by atoms with E-state index in [1.54, 1.807) is 0 Å². The number of ether oxygens (including phenoxy) is 1. The molecule has 5 heteroatoms. The van der Waals surface area contributed by atoms with Gasteiger partial charge in [-0.1, -0.05) is 0 Å². The quantitative estimate of drug-likeness (QED) is 0.643. The summed E-state index contributed by atoms with van der Waals surface area (Å²) in [6.07, 6.45) is -0.541. The third kappa shape index (κ3) is 3.64. The lowest BCUT2D eigenvalue weighted by atomic mass is 10.1. The first-order valence-corrected chi connectivity index (χ1v) is 4.62. The van der Waals surface area contributed by atoms with Crippen LogP contribution in [0.25, 0.3) is 0 Å². The third-order valence-corrected chi connectivity index (χ3v) is 1.69. The zero-order chi connectivity index (χ0) is 10.8. The molecule has 1 aliphatic heterocycles. The molecule has 0 aromatic rings. The van der Waals surface area contributed by atoms with E-state index in [1.165, 1.54) is 0 Å². The van der Waals surface area contributed by atoms with Crippen molar-refractivity contribution in [1.29, 1.82) is 0 Å². The van der Waals surface area contributed by atoms with Gasteiger partial charge >= 0.3 is 6.09 Å². The molecule has 0 bridgehead atoms. The van der Waals surface area contributed by atoms with E-state index < -0.39 is 6.09 Å². The molecule has 0 radical (unpaired) electrons. The summed E-state index contributed by atoms with van der Waals surface area (Å²) in [7, 11) is 0. The number of amides is 2. The average Bonchev–Trinajstić information content (AvgIpc) is 2.30. The van der Waals surface area contributed by atoms with Crippen molar-refractivity contribution in [3.63, 3.8) is 0 Å². The molecule has 2 N–H and O–H groups in total. The Bertz CT molecular complexity index is 245. The molecule has 0 aliphatic carbocycles. The minimum Gasteiger partial charge on any atom is -0.444 e. The summed E-state index contributed by atoms with van der Waals surface area (Å²) < 4.78 is 5.02.